The van der Waals surface area contributed by atoms with Crippen LogP contribution in [0.25, 0.3) is 0 Å². The second-order valence-corrected chi connectivity index (χ2v) is 6.27. The summed E-state index contributed by atoms with van der Waals surface area (Å²) in [6.07, 6.45) is 0.196. The average molecular weight is 353 g/mol. The molecule has 0 heterocycles. The van der Waals surface area contributed by atoms with Crippen LogP contribution < -0.4 is 16.0 Å². The van der Waals surface area contributed by atoms with Crippen LogP contribution in [0.2, 0.25) is 0 Å². The van der Waals surface area contributed by atoms with Gasteiger partial charge in [0.25, 0.3) is 5.91 Å². The molecule has 0 bridgehead atoms. The Hall–Kier alpha value is -2.66. The number of hydrogen-bond donors (Lipinski definition) is 3. The maximum atomic E-state index is 12.5. The topological polar surface area (TPSA) is 70.2 Å². The van der Waals surface area contributed by atoms with E-state index in [2.05, 4.69) is 16.0 Å². The summed E-state index contributed by atoms with van der Waals surface area (Å²) in [4.78, 5) is 24.9. The van der Waals surface area contributed by atoms with E-state index in [9.17, 15) is 9.59 Å². The van der Waals surface area contributed by atoms with Crippen molar-refractivity contribution in [3.05, 3.63) is 71.8 Å². The van der Waals surface area contributed by atoms with Crippen LogP contribution in [-0.2, 0) is 4.79 Å². The Labute approximate surface area is 155 Å². The summed E-state index contributed by atoms with van der Waals surface area (Å²) in [7, 11) is 0. The summed E-state index contributed by atoms with van der Waals surface area (Å²) in [6, 6.07) is 18.4. The molecule has 2 rings (SSSR count). The Bertz CT molecular complexity index is 689. The molecule has 2 aromatic carbocycles. The number of likely N-dealkylation sites (N-methyl/N-ethyl adjacent to an activating group) is 1. The molecule has 0 spiro atoms. The SMILES string of the molecule is CCN[C@H](C)CNC(=O)CC(NC(=O)c1ccccc1)c1ccccc1. The number of benzene rings is 2. The Morgan fingerprint density at radius 2 is 1.58 bits per heavy atom. The third-order valence-corrected chi connectivity index (χ3v) is 4.09. The monoisotopic (exact) mass is 353 g/mol. The van der Waals surface area contributed by atoms with Crippen molar-refractivity contribution in [2.45, 2.75) is 32.4 Å². The molecule has 0 aromatic heterocycles. The number of amides is 2. The quantitative estimate of drug-likeness (QED) is 0.649. The Kier molecular flexibility index (Phi) is 7.83. The standard InChI is InChI=1S/C21H27N3O2/c1-3-22-16(2)15-23-20(25)14-19(17-10-6-4-7-11-17)24-21(26)18-12-8-5-9-13-18/h4-13,16,19,22H,3,14-15H2,1-2H3,(H,23,25)(H,24,26)/t16-,19?/m1/s1. The van der Waals surface area contributed by atoms with Gasteiger partial charge in [0.05, 0.1) is 12.5 Å². The van der Waals surface area contributed by atoms with Crippen molar-refractivity contribution in [2.24, 2.45) is 0 Å². The van der Waals surface area contributed by atoms with Gasteiger partial charge < -0.3 is 16.0 Å². The van der Waals surface area contributed by atoms with E-state index in [1.54, 1.807) is 12.1 Å². The van der Waals surface area contributed by atoms with Gasteiger partial charge in [0.1, 0.15) is 0 Å². The third-order valence-electron chi connectivity index (χ3n) is 4.09. The number of rotatable bonds is 9. The highest BCUT2D eigenvalue weighted by Crippen LogP contribution is 2.17. The first-order valence-electron chi connectivity index (χ1n) is 9.01. The number of carbonyl (C=O) groups is 2. The summed E-state index contributed by atoms with van der Waals surface area (Å²) >= 11 is 0. The predicted octanol–water partition coefficient (Wildman–Crippen LogP) is 2.66. The van der Waals surface area contributed by atoms with E-state index in [4.69, 9.17) is 0 Å². The summed E-state index contributed by atoms with van der Waals surface area (Å²) < 4.78 is 0. The molecule has 2 atom stereocenters. The second kappa shape index (κ2) is 10.4. The molecule has 1 unspecified atom stereocenters. The normalized spacial score (nSPS) is 12.8. The number of carbonyl (C=O) groups excluding carboxylic acids is 2. The van der Waals surface area contributed by atoms with Crippen molar-refractivity contribution in [2.75, 3.05) is 13.1 Å². The van der Waals surface area contributed by atoms with Gasteiger partial charge in [-0.3, -0.25) is 9.59 Å². The van der Waals surface area contributed by atoms with Crippen LogP contribution in [0.4, 0.5) is 0 Å². The van der Waals surface area contributed by atoms with Crippen LogP contribution in [0.1, 0.15) is 42.2 Å². The smallest absolute Gasteiger partial charge is 0.251 e. The summed E-state index contributed by atoms with van der Waals surface area (Å²) in [6.45, 7) is 5.47. The van der Waals surface area contributed by atoms with Gasteiger partial charge in [-0.15, -0.1) is 0 Å². The van der Waals surface area contributed by atoms with Crippen LogP contribution in [0.15, 0.2) is 60.7 Å². The van der Waals surface area contributed by atoms with Crippen molar-refractivity contribution in [1.29, 1.82) is 0 Å². The van der Waals surface area contributed by atoms with Crippen molar-refractivity contribution in [3.8, 4) is 0 Å². The first-order chi connectivity index (χ1) is 12.6. The molecule has 0 saturated heterocycles. The second-order valence-electron chi connectivity index (χ2n) is 6.27. The highest BCUT2D eigenvalue weighted by atomic mass is 16.2. The van der Waals surface area contributed by atoms with E-state index in [0.717, 1.165) is 12.1 Å². The average Bonchev–Trinajstić information content (AvgIpc) is 2.67. The zero-order valence-corrected chi connectivity index (χ0v) is 15.4. The first-order valence-corrected chi connectivity index (χ1v) is 9.01. The van der Waals surface area contributed by atoms with Crippen LogP contribution in [0.3, 0.4) is 0 Å². The van der Waals surface area contributed by atoms with Gasteiger partial charge in [-0.05, 0) is 31.2 Å². The van der Waals surface area contributed by atoms with Crippen LogP contribution >= 0.6 is 0 Å². The number of nitrogens with one attached hydrogen (secondary N) is 3. The Morgan fingerprint density at radius 3 is 2.19 bits per heavy atom. The summed E-state index contributed by atoms with van der Waals surface area (Å²) in [5.41, 5.74) is 1.49. The molecule has 0 saturated carbocycles. The Balaban J connectivity index is 2.02. The van der Waals surface area contributed by atoms with Gasteiger partial charge >= 0.3 is 0 Å². The molecule has 138 valence electrons. The fourth-order valence-electron chi connectivity index (χ4n) is 2.71. The minimum absolute atomic E-state index is 0.0861. The molecule has 0 aliphatic carbocycles. The van der Waals surface area contributed by atoms with Gasteiger partial charge in [0, 0.05) is 18.2 Å². The highest BCUT2D eigenvalue weighted by molar-refractivity contribution is 5.94. The highest BCUT2D eigenvalue weighted by Gasteiger charge is 2.19. The molecule has 26 heavy (non-hydrogen) atoms. The lowest BCUT2D eigenvalue weighted by atomic mass is 10.0. The lowest BCUT2D eigenvalue weighted by Gasteiger charge is -2.20. The molecule has 5 heteroatoms. The van der Waals surface area contributed by atoms with Crippen molar-refractivity contribution in [3.63, 3.8) is 0 Å². The fourth-order valence-corrected chi connectivity index (χ4v) is 2.71. The maximum Gasteiger partial charge on any atom is 0.251 e. The molecule has 2 amide bonds. The van der Waals surface area contributed by atoms with E-state index < -0.39 is 0 Å². The first kappa shape index (κ1) is 19.7. The van der Waals surface area contributed by atoms with Crippen LogP contribution in [-0.4, -0.2) is 30.9 Å². The molecular weight excluding hydrogens is 326 g/mol. The largest absolute Gasteiger partial charge is 0.354 e. The summed E-state index contributed by atoms with van der Waals surface area (Å²) in [5, 5.41) is 9.16. The molecule has 0 radical (unpaired) electrons. The lowest BCUT2D eigenvalue weighted by Crippen LogP contribution is -2.40. The van der Waals surface area contributed by atoms with Gasteiger partial charge in [-0.2, -0.15) is 0 Å². The zero-order valence-electron chi connectivity index (χ0n) is 15.4. The molecule has 0 aliphatic rings. The van der Waals surface area contributed by atoms with Crippen LogP contribution in [0.5, 0.6) is 0 Å². The van der Waals surface area contributed by atoms with Crippen molar-refractivity contribution in [1.82, 2.24) is 16.0 Å². The minimum atomic E-state index is -0.377. The molecule has 5 nitrogen and oxygen atoms in total. The van der Waals surface area contributed by atoms with E-state index in [0.29, 0.717) is 12.1 Å². The Morgan fingerprint density at radius 1 is 0.962 bits per heavy atom. The lowest BCUT2D eigenvalue weighted by molar-refractivity contribution is -0.121. The van der Waals surface area contributed by atoms with E-state index in [1.165, 1.54) is 0 Å². The maximum absolute atomic E-state index is 12.5. The van der Waals surface area contributed by atoms with Crippen LogP contribution in [0, 0.1) is 0 Å². The zero-order chi connectivity index (χ0) is 18.8. The summed E-state index contributed by atoms with van der Waals surface area (Å²) in [5.74, 6) is -0.273. The minimum Gasteiger partial charge on any atom is -0.354 e. The van der Waals surface area contributed by atoms with E-state index >= 15 is 0 Å². The predicted molar refractivity (Wildman–Crippen MR) is 104 cm³/mol. The molecule has 0 aliphatic heterocycles. The molecule has 0 fully saturated rings. The van der Waals surface area contributed by atoms with E-state index in [1.807, 2.05) is 62.4 Å². The molecule has 3 N–H and O–H groups in total. The fraction of sp³-hybridized carbons (Fsp3) is 0.333. The van der Waals surface area contributed by atoms with E-state index in [-0.39, 0.29) is 30.3 Å². The van der Waals surface area contributed by atoms with Gasteiger partial charge in [0.15, 0.2) is 0 Å². The molecule has 2 aromatic rings. The van der Waals surface area contributed by atoms with Gasteiger partial charge in [0.2, 0.25) is 5.91 Å². The molecular formula is C21H27N3O2. The third kappa shape index (κ3) is 6.33. The van der Waals surface area contributed by atoms with Gasteiger partial charge in [-0.25, -0.2) is 0 Å². The van der Waals surface area contributed by atoms with Gasteiger partial charge in [-0.1, -0.05) is 55.5 Å². The van der Waals surface area contributed by atoms with Crippen molar-refractivity contribution >= 4 is 11.8 Å². The number of hydrogen-bond acceptors (Lipinski definition) is 3. The van der Waals surface area contributed by atoms with Crippen molar-refractivity contribution < 1.29 is 9.59 Å².